The van der Waals surface area contributed by atoms with E-state index in [0.29, 0.717) is 12.8 Å². The molecule has 0 saturated heterocycles. The van der Waals surface area contributed by atoms with Gasteiger partial charge in [-0.15, -0.1) is 0 Å². The van der Waals surface area contributed by atoms with Gasteiger partial charge < -0.3 is 19.8 Å². The van der Waals surface area contributed by atoms with E-state index in [2.05, 4.69) is 0 Å². The summed E-state index contributed by atoms with van der Waals surface area (Å²) in [6, 6.07) is 0. The van der Waals surface area contributed by atoms with Gasteiger partial charge in [0.15, 0.2) is 0 Å². The second-order valence-electron chi connectivity index (χ2n) is 3.74. The van der Waals surface area contributed by atoms with E-state index in [0.717, 1.165) is 6.42 Å². The number of carbonyl (C=O) groups is 2. The van der Waals surface area contributed by atoms with Crippen LogP contribution in [-0.2, 0) is 9.59 Å². The van der Waals surface area contributed by atoms with Crippen LogP contribution in [0.25, 0.3) is 0 Å². The zero-order chi connectivity index (χ0) is 9.64. The zero-order valence-corrected chi connectivity index (χ0v) is 15.2. The van der Waals surface area contributed by atoms with Gasteiger partial charge in [-0.1, -0.05) is 6.08 Å². The summed E-state index contributed by atoms with van der Waals surface area (Å²) in [6.45, 7) is 0. The Bertz CT molecular complexity index is 326. The van der Waals surface area contributed by atoms with Crippen LogP contribution in [0.2, 0.25) is 0 Å². The standard InChI is InChI=1S/C9H10O4.2K/c10-7(11)6-3-5-1-2-9(6,4-5)8(12)13;;/h3,5H,1-2,4H2,(H,10,11)(H,12,13);;/q;2*+1/p-2. The molecule has 0 aliphatic heterocycles. The summed E-state index contributed by atoms with van der Waals surface area (Å²) in [5.74, 6) is -2.56. The predicted octanol–water partition coefficient (Wildman–Crippen LogP) is -7.78. The van der Waals surface area contributed by atoms with Crippen molar-refractivity contribution >= 4 is 11.9 Å². The van der Waals surface area contributed by atoms with Gasteiger partial charge in [-0.3, -0.25) is 0 Å². The molecule has 2 rings (SSSR count). The zero-order valence-electron chi connectivity index (χ0n) is 8.91. The molecule has 0 aromatic rings. The van der Waals surface area contributed by atoms with Gasteiger partial charge in [0.25, 0.3) is 0 Å². The Labute approximate surface area is 173 Å². The van der Waals surface area contributed by atoms with Crippen LogP contribution < -0.4 is 113 Å². The van der Waals surface area contributed by atoms with Crippen molar-refractivity contribution < 1.29 is 123 Å². The fraction of sp³-hybridized carbons (Fsp3) is 0.556. The van der Waals surface area contributed by atoms with Gasteiger partial charge in [-0.2, -0.15) is 0 Å². The number of carboxylic acids is 2. The average molecular weight is 258 g/mol. The summed E-state index contributed by atoms with van der Waals surface area (Å²) in [5, 5.41) is 21.5. The molecule has 70 valence electrons. The third kappa shape index (κ3) is 2.86. The molecule has 2 unspecified atom stereocenters. The molecule has 0 aromatic carbocycles. The molecule has 2 aliphatic rings. The monoisotopic (exact) mass is 258 g/mol. The first kappa shape index (κ1) is 17.0. The molecular formula is C9H8K2O4. The Morgan fingerprint density at radius 1 is 1.33 bits per heavy atom. The summed E-state index contributed by atoms with van der Waals surface area (Å²) in [5.41, 5.74) is -1.33. The molecule has 0 radical (unpaired) electrons. The van der Waals surface area contributed by atoms with Gasteiger partial charge in [0.05, 0.1) is 11.9 Å². The smallest absolute Gasteiger partial charge is 0.549 e. The van der Waals surface area contributed by atoms with Crippen LogP contribution in [0, 0.1) is 11.3 Å². The van der Waals surface area contributed by atoms with Crippen molar-refractivity contribution in [3.63, 3.8) is 0 Å². The maximum atomic E-state index is 10.9. The Morgan fingerprint density at radius 3 is 2.27 bits per heavy atom. The first-order valence-corrected chi connectivity index (χ1v) is 4.21. The molecular weight excluding hydrogens is 250 g/mol. The molecule has 0 heterocycles. The van der Waals surface area contributed by atoms with E-state index in [4.69, 9.17) is 0 Å². The van der Waals surface area contributed by atoms with Crippen molar-refractivity contribution in [2.45, 2.75) is 19.3 Å². The van der Waals surface area contributed by atoms with Crippen LogP contribution >= 0.6 is 0 Å². The second kappa shape index (κ2) is 6.22. The first-order chi connectivity index (χ1) is 6.06. The van der Waals surface area contributed by atoms with E-state index in [-0.39, 0.29) is 114 Å². The Morgan fingerprint density at radius 2 is 1.93 bits per heavy atom. The number of aliphatic carboxylic acids is 2. The molecule has 0 amide bonds. The number of carboxylic acid groups (broad SMARTS) is 2. The summed E-state index contributed by atoms with van der Waals surface area (Å²) in [6.07, 6.45) is 3.00. The summed E-state index contributed by atoms with van der Waals surface area (Å²) in [7, 11) is 0. The van der Waals surface area contributed by atoms with Crippen molar-refractivity contribution in [2.75, 3.05) is 0 Å². The molecule has 0 N–H and O–H groups in total. The maximum absolute atomic E-state index is 10.9. The van der Waals surface area contributed by atoms with Gasteiger partial charge in [-0.25, -0.2) is 0 Å². The van der Waals surface area contributed by atoms with Crippen LogP contribution in [0.1, 0.15) is 19.3 Å². The average Bonchev–Trinajstić information content (AvgIpc) is 2.60. The number of carbonyl (C=O) groups excluding carboxylic acids is 2. The minimum Gasteiger partial charge on any atom is -0.549 e. The van der Waals surface area contributed by atoms with Crippen molar-refractivity contribution in [3.8, 4) is 0 Å². The van der Waals surface area contributed by atoms with Crippen molar-refractivity contribution in [2.24, 2.45) is 11.3 Å². The fourth-order valence-corrected chi connectivity index (χ4v) is 2.42. The van der Waals surface area contributed by atoms with Crippen LogP contribution in [0.3, 0.4) is 0 Å². The normalized spacial score (nSPS) is 31.2. The molecule has 0 aromatic heterocycles. The third-order valence-electron chi connectivity index (χ3n) is 3.08. The molecule has 1 fully saturated rings. The van der Waals surface area contributed by atoms with Crippen LogP contribution in [0.5, 0.6) is 0 Å². The molecule has 0 spiro atoms. The van der Waals surface area contributed by atoms with Crippen molar-refractivity contribution in [1.29, 1.82) is 0 Å². The number of fused-ring (bicyclic) bond motifs is 2. The topological polar surface area (TPSA) is 80.3 Å². The number of rotatable bonds is 2. The van der Waals surface area contributed by atoms with Gasteiger partial charge in [-0.05, 0) is 30.8 Å². The summed E-state index contributed by atoms with van der Waals surface area (Å²) >= 11 is 0. The van der Waals surface area contributed by atoms with E-state index < -0.39 is 17.4 Å². The molecule has 2 aliphatic carbocycles. The first-order valence-electron chi connectivity index (χ1n) is 4.21. The molecule has 2 atom stereocenters. The Hall–Kier alpha value is 1.95. The van der Waals surface area contributed by atoms with Gasteiger partial charge >= 0.3 is 103 Å². The van der Waals surface area contributed by atoms with Crippen LogP contribution in [0.15, 0.2) is 11.6 Å². The fourth-order valence-electron chi connectivity index (χ4n) is 2.42. The van der Waals surface area contributed by atoms with Crippen LogP contribution in [-0.4, -0.2) is 11.9 Å². The Balaban J connectivity index is 0.000000980. The quantitative estimate of drug-likeness (QED) is 0.461. The number of hydrogen-bond donors (Lipinski definition) is 0. The minimum absolute atomic E-state index is 0. The van der Waals surface area contributed by atoms with Gasteiger partial charge in [0.1, 0.15) is 0 Å². The minimum atomic E-state index is -1.37. The van der Waals surface area contributed by atoms with Gasteiger partial charge in [0.2, 0.25) is 0 Å². The van der Waals surface area contributed by atoms with E-state index in [9.17, 15) is 19.8 Å². The molecule has 4 nitrogen and oxygen atoms in total. The maximum Gasteiger partial charge on any atom is 1.00 e. The van der Waals surface area contributed by atoms with E-state index in [1.54, 1.807) is 0 Å². The van der Waals surface area contributed by atoms with Crippen LogP contribution in [0.4, 0.5) is 0 Å². The third-order valence-corrected chi connectivity index (χ3v) is 3.08. The van der Waals surface area contributed by atoms with E-state index in [1.807, 2.05) is 0 Å². The molecule has 2 bridgehead atoms. The SMILES string of the molecule is O=C([O-])C1=CC2CCC1(C(=O)[O-])C2.[K+].[K+]. The predicted molar refractivity (Wildman–Crippen MR) is 37.9 cm³/mol. The molecule has 6 heteroatoms. The van der Waals surface area contributed by atoms with E-state index >= 15 is 0 Å². The largest absolute Gasteiger partial charge is 1.00 e. The van der Waals surface area contributed by atoms with E-state index in [1.165, 1.54) is 6.08 Å². The summed E-state index contributed by atoms with van der Waals surface area (Å²) in [4.78, 5) is 21.5. The number of allylic oxidation sites excluding steroid dienone is 1. The molecule has 15 heavy (non-hydrogen) atoms. The number of hydrogen-bond acceptors (Lipinski definition) is 4. The second-order valence-corrected chi connectivity index (χ2v) is 3.74. The van der Waals surface area contributed by atoms with Crippen molar-refractivity contribution in [3.05, 3.63) is 11.6 Å². The Kier molecular flexibility index (Phi) is 7.03. The van der Waals surface area contributed by atoms with Gasteiger partial charge in [0, 0.05) is 5.41 Å². The summed E-state index contributed by atoms with van der Waals surface area (Å²) < 4.78 is 0. The molecule has 1 saturated carbocycles. The van der Waals surface area contributed by atoms with Crippen molar-refractivity contribution in [1.82, 2.24) is 0 Å².